The van der Waals surface area contributed by atoms with Crippen molar-refractivity contribution in [3.8, 4) is 0 Å². The highest BCUT2D eigenvalue weighted by Crippen LogP contribution is 2.28. The molecule has 1 unspecified atom stereocenters. The molecule has 4 heteroatoms. The smallest absolute Gasteiger partial charge is 0.129 e. The zero-order valence-corrected chi connectivity index (χ0v) is 11.0. The molecule has 0 aromatic heterocycles. The monoisotopic (exact) mass is 255 g/mol. The molecule has 0 saturated carbocycles. The van der Waals surface area contributed by atoms with Crippen LogP contribution >= 0.6 is 0 Å². The summed E-state index contributed by atoms with van der Waals surface area (Å²) in [7, 11) is 0. The Morgan fingerprint density at radius 2 is 2.00 bits per heavy atom. The molecule has 0 bridgehead atoms. The van der Waals surface area contributed by atoms with Crippen molar-refractivity contribution in [3.05, 3.63) is 35.4 Å². The maximum atomic E-state index is 13.7. The van der Waals surface area contributed by atoms with E-state index in [1.165, 1.54) is 6.07 Å². The standard InChI is InChI=1S/C14H19F2NO/c1-14(2,3)17-6-7-18-13(9-17)11-8-10(15)4-5-12(11)16/h4-5,8,13H,6-7,9H2,1-3H3. The van der Waals surface area contributed by atoms with Crippen molar-refractivity contribution in [1.82, 2.24) is 4.90 Å². The Hall–Kier alpha value is -1.00. The fraction of sp³-hybridized carbons (Fsp3) is 0.571. The summed E-state index contributed by atoms with van der Waals surface area (Å²) in [5.41, 5.74) is 0.315. The minimum atomic E-state index is -0.428. The molecule has 1 aliphatic rings. The molecule has 0 amide bonds. The zero-order chi connectivity index (χ0) is 13.3. The van der Waals surface area contributed by atoms with Crippen molar-refractivity contribution >= 4 is 0 Å². The number of morpholine rings is 1. The molecule has 1 atom stereocenters. The third kappa shape index (κ3) is 2.87. The van der Waals surface area contributed by atoms with Crippen LogP contribution in [0.25, 0.3) is 0 Å². The number of benzene rings is 1. The number of nitrogens with zero attached hydrogens (tertiary/aromatic N) is 1. The van der Waals surface area contributed by atoms with Crippen LogP contribution in [0.1, 0.15) is 32.4 Å². The van der Waals surface area contributed by atoms with Crippen molar-refractivity contribution in [3.63, 3.8) is 0 Å². The Labute approximate surface area is 107 Å². The van der Waals surface area contributed by atoms with Gasteiger partial charge in [-0.25, -0.2) is 8.78 Å². The second-order valence-electron chi connectivity index (χ2n) is 5.64. The van der Waals surface area contributed by atoms with E-state index in [4.69, 9.17) is 4.74 Å². The second-order valence-corrected chi connectivity index (χ2v) is 5.64. The lowest BCUT2D eigenvalue weighted by atomic mass is 10.0. The number of halogens is 2. The predicted octanol–water partition coefficient (Wildman–Crippen LogP) is 3.14. The lowest BCUT2D eigenvalue weighted by Crippen LogP contribution is -2.49. The minimum Gasteiger partial charge on any atom is -0.371 e. The predicted molar refractivity (Wildman–Crippen MR) is 66.4 cm³/mol. The third-order valence-corrected chi connectivity index (χ3v) is 3.32. The van der Waals surface area contributed by atoms with Gasteiger partial charge in [0, 0.05) is 24.2 Å². The minimum absolute atomic E-state index is 0.00578. The van der Waals surface area contributed by atoms with Gasteiger partial charge in [-0.3, -0.25) is 4.90 Å². The van der Waals surface area contributed by atoms with Crippen LogP contribution in [0.2, 0.25) is 0 Å². The Kier molecular flexibility index (Phi) is 3.69. The van der Waals surface area contributed by atoms with E-state index in [1.807, 2.05) is 0 Å². The van der Waals surface area contributed by atoms with Crippen LogP contribution in [0.15, 0.2) is 18.2 Å². The average Bonchev–Trinajstić information content (AvgIpc) is 2.31. The van der Waals surface area contributed by atoms with Gasteiger partial charge in [0.05, 0.1) is 12.7 Å². The van der Waals surface area contributed by atoms with Gasteiger partial charge >= 0.3 is 0 Å². The summed E-state index contributed by atoms with van der Waals surface area (Å²) in [6.07, 6.45) is -0.395. The highest BCUT2D eigenvalue weighted by Gasteiger charge is 2.30. The van der Waals surface area contributed by atoms with Gasteiger partial charge in [-0.15, -0.1) is 0 Å². The fourth-order valence-electron chi connectivity index (χ4n) is 2.21. The Bertz CT molecular complexity index is 428. The van der Waals surface area contributed by atoms with E-state index in [0.717, 1.165) is 18.7 Å². The number of hydrogen-bond acceptors (Lipinski definition) is 2. The van der Waals surface area contributed by atoms with Crippen molar-refractivity contribution in [1.29, 1.82) is 0 Å². The first-order valence-electron chi connectivity index (χ1n) is 6.19. The van der Waals surface area contributed by atoms with Gasteiger partial charge < -0.3 is 4.74 Å². The van der Waals surface area contributed by atoms with Gasteiger partial charge in [0.25, 0.3) is 0 Å². The fourth-order valence-corrected chi connectivity index (χ4v) is 2.21. The molecule has 2 rings (SSSR count). The second kappa shape index (κ2) is 4.94. The molecule has 0 radical (unpaired) electrons. The van der Waals surface area contributed by atoms with Crippen LogP contribution in [-0.4, -0.2) is 30.1 Å². The zero-order valence-electron chi connectivity index (χ0n) is 11.0. The van der Waals surface area contributed by atoms with E-state index in [2.05, 4.69) is 25.7 Å². The van der Waals surface area contributed by atoms with E-state index in [1.54, 1.807) is 0 Å². The normalized spacial score (nSPS) is 22.2. The van der Waals surface area contributed by atoms with Crippen LogP contribution < -0.4 is 0 Å². The van der Waals surface area contributed by atoms with Crippen LogP contribution in [-0.2, 0) is 4.74 Å². The highest BCUT2D eigenvalue weighted by atomic mass is 19.1. The summed E-state index contributed by atoms with van der Waals surface area (Å²) < 4.78 is 32.5. The first kappa shape index (κ1) is 13.4. The third-order valence-electron chi connectivity index (χ3n) is 3.32. The molecule has 1 aromatic rings. The Morgan fingerprint density at radius 3 is 2.67 bits per heavy atom. The first-order valence-corrected chi connectivity index (χ1v) is 6.19. The van der Waals surface area contributed by atoms with Gasteiger partial charge in [-0.2, -0.15) is 0 Å². The van der Waals surface area contributed by atoms with E-state index in [-0.39, 0.29) is 5.54 Å². The van der Waals surface area contributed by atoms with Gasteiger partial charge in [0.1, 0.15) is 11.6 Å². The summed E-state index contributed by atoms with van der Waals surface area (Å²) in [5.74, 6) is -0.833. The molecule has 1 heterocycles. The molecule has 100 valence electrons. The first-order chi connectivity index (χ1) is 8.38. The lowest BCUT2D eigenvalue weighted by molar-refractivity contribution is -0.0610. The molecule has 0 N–H and O–H groups in total. The summed E-state index contributed by atoms with van der Waals surface area (Å²) in [4.78, 5) is 2.23. The summed E-state index contributed by atoms with van der Waals surface area (Å²) in [5, 5.41) is 0. The van der Waals surface area contributed by atoms with E-state index >= 15 is 0 Å². The summed E-state index contributed by atoms with van der Waals surface area (Å²) >= 11 is 0. The average molecular weight is 255 g/mol. The van der Waals surface area contributed by atoms with Gasteiger partial charge in [-0.1, -0.05) is 0 Å². The highest BCUT2D eigenvalue weighted by molar-refractivity contribution is 5.22. The van der Waals surface area contributed by atoms with E-state index < -0.39 is 17.7 Å². The number of rotatable bonds is 1. The maximum Gasteiger partial charge on any atom is 0.129 e. The SMILES string of the molecule is CC(C)(C)N1CCOC(c2cc(F)ccc2F)C1. The Morgan fingerprint density at radius 1 is 1.28 bits per heavy atom. The number of ether oxygens (including phenoxy) is 1. The molecular weight excluding hydrogens is 236 g/mol. The molecule has 1 aromatic carbocycles. The lowest BCUT2D eigenvalue weighted by Gasteiger charge is -2.41. The quantitative estimate of drug-likeness (QED) is 0.764. The molecule has 1 saturated heterocycles. The van der Waals surface area contributed by atoms with Crippen molar-refractivity contribution in [2.24, 2.45) is 0 Å². The molecule has 1 aliphatic heterocycles. The molecule has 1 fully saturated rings. The summed E-state index contributed by atoms with van der Waals surface area (Å²) in [6, 6.07) is 3.51. The maximum absolute atomic E-state index is 13.7. The van der Waals surface area contributed by atoms with Crippen LogP contribution in [0.3, 0.4) is 0 Å². The summed E-state index contributed by atoms with van der Waals surface area (Å²) in [6.45, 7) is 8.27. The van der Waals surface area contributed by atoms with Crippen molar-refractivity contribution in [2.45, 2.75) is 32.4 Å². The Balaban J connectivity index is 2.21. The van der Waals surface area contributed by atoms with E-state index in [0.29, 0.717) is 18.7 Å². The van der Waals surface area contributed by atoms with Gasteiger partial charge in [0.15, 0.2) is 0 Å². The largest absolute Gasteiger partial charge is 0.371 e. The van der Waals surface area contributed by atoms with Crippen LogP contribution in [0.4, 0.5) is 8.78 Å². The van der Waals surface area contributed by atoms with Gasteiger partial charge in [0.2, 0.25) is 0 Å². The molecular formula is C14H19F2NO. The number of hydrogen-bond donors (Lipinski definition) is 0. The van der Waals surface area contributed by atoms with Gasteiger partial charge in [-0.05, 0) is 39.0 Å². The van der Waals surface area contributed by atoms with Crippen molar-refractivity contribution < 1.29 is 13.5 Å². The molecule has 2 nitrogen and oxygen atoms in total. The topological polar surface area (TPSA) is 12.5 Å². The van der Waals surface area contributed by atoms with Crippen LogP contribution in [0, 0.1) is 11.6 Å². The van der Waals surface area contributed by atoms with E-state index in [9.17, 15) is 8.78 Å². The van der Waals surface area contributed by atoms with Crippen molar-refractivity contribution in [2.75, 3.05) is 19.7 Å². The van der Waals surface area contributed by atoms with Crippen LogP contribution in [0.5, 0.6) is 0 Å². The molecule has 18 heavy (non-hydrogen) atoms. The molecule has 0 spiro atoms. The molecule has 0 aliphatic carbocycles.